The van der Waals surface area contributed by atoms with Crippen molar-refractivity contribution in [2.45, 2.75) is 44.7 Å². The fraction of sp³-hybridized carbons (Fsp3) is 0.600. The molecule has 6 heteroatoms. The number of aromatic nitrogens is 3. The molecule has 26 heavy (non-hydrogen) atoms. The molecule has 1 saturated carbocycles. The van der Waals surface area contributed by atoms with Crippen LogP contribution >= 0.6 is 12.4 Å². The Kier molecular flexibility index (Phi) is 8.07. The summed E-state index contributed by atoms with van der Waals surface area (Å²) in [6, 6.07) is 4.66. The first kappa shape index (κ1) is 20.9. The van der Waals surface area contributed by atoms with Crippen LogP contribution in [0.25, 0.3) is 11.3 Å². The van der Waals surface area contributed by atoms with Gasteiger partial charge in [0, 0.05) is 55.9 Å². The molecule has 1 N–H and O–H groups in total. The highest BCUT2D eigenvalue weighted by molar-refractivity contribution is 5.85. The third-order valence-corrected chi connectivity index (χ3v) is 5.38. The van der Waals surface area contributed by atoms with Crippen LogP contribution in [0.15, 0.2) is 30.7 Å². The van der Waals surface area contributed by atoms with Crippen molar-refractivity contribution in [3.05, 3.63) is 36.3 Å². The lowest BCUT2D eigenvalue weighted by atomic mass is 9.83. The van der Waals surface area contributed by atoms with Crippen LogP contribution in [0.3, 0.4) is 0 Å². The maximum atomic E-state index is 4.64. The zero-order chi connectivity index (χ0) is 17.6. The number of nitrogens with zero attached hydrogens (tertiary/aromatic N) is 4. The summed E-state index contributed by atoms with van der Waals surface area (Å²) in [7, 11) is 6.42. The zero-order valence-corrected chi connectivity index (χ0v) is 17.0. The number of pyridine rings is 1. The van der Waals surface area contributed by atoms with Crippen molar-refractivity contribution < 1.29 is 0 Å². The van der Waals surface area contributed by atoms with E-state index < -0.39 is 0 Å². The van der Waals surface area contributed by atoms with E-state index in [-0.39, 0.29) is 12.4 Å². The highest BCUT2D eigenvalue weighted by Gasteiger charge is 2.25. The lowest BCUT2D eigenvalue weighted by Crippen LogP contribution is -2.43. The molecule has 0 amide bonds. The van der Waals surface area contributed by atoms with Crippen molar-refractivity contribution >= 4 is 12.4 Å². The van der Waals surface area contributed by atoms with Gasteiger partial charge in [0.15, 0.2) is 0 Å². The fourth-order valence-electron chi connectivity index (χ4n) is 4.06. The van der Waals surface area contributed by atoms with Gasteiger partial charge in [0.1, 0.15) is 0 Å². The standard InChI is InChI=1S/C20H31N5.ClH/c1-24(2)19(16-7-5-4-6-8-16)14-22-13-18-15-25(3)23-20(18)17-9-11-21-12-10-17;/h9-12,15-16,19,22H,4-8,13-14H2,1-3H3;1H. The normalized spacial score (nSPS) is 16.5. The molecule has 1 atom stereocenters. The fourth-order valence-corrected chi connectivity index (χ4v) is 4.06. The summed E-state index contributed by atoms with van der Waals surface area (Å²) in [5.41, 5.74) is 3.43. The second-order valence-corrected chi connectivity index (χ2v) is 7.47. The summed E-state index contributed by atoms with van der Waals surface area (Å²) >= 11 is 0. The van der Waals surface area contributed by atoms with Gasteiger partial charge in [-0.25, -0.2) is 0 Å². The first-order valence-corrected chi connectivity index (χ1v) is 9.45. The summed E-state index contributed by atoms with van der Waals surface area (Å²) < 4.78 is 1.90. The number of aryl methyl sites for hydroxylation is 1. The molecule has 1 aliphatic carbocycles. The topological polar surface area (TPSA) is 46.0 Å². The maximum absolute atomic E-state index is 4.64. The molecule has 2 aromatic heterocycles. The van der Waals surface area contributed by atoms with Gasteiger partial charge < -0.3 is 10.2 Å². The Morgan fingerprint density at radius 1 is 1.19 bits per heavy atom. The Hall–Kier alpha value is -1.43. The van der Waals surface area contributed by atoms with Gasteiger partial charge in [0.05, 0.1) is 5.69 Å². The third kappa shape index (κ3) is 5.29. The Morgan fingerprint density at radius 3 is 2.54 bits per heavy atom. The average Bonchev–Trinajstić information content (AvgIpc) is 3.00. The smallest absolute Gasteiger partial charge is 0.0969 e. The molecule has 0 aromatic carbocycles. The number of likely N-dealkylation sites (N-methyl/N-ethyl adjacent to an activating group) is 1. The van der Waals surface area contributed by atoms with Gasteiger partial charge in [-0.05, 0) is 45.0 Å². The van der Waals surface area contributed by atoms with Crippen LogP contribution in [-0.2, 0) is 13.6 Å². The van der Waals surface area contributed by atoms with Crippen molar-refractivity contribution in [3.8, 4) is 11.3 Å². The monoisotopic (exact) mass is 377 g/mol. The molecule has 1 aliphatic rings. The van der Waals surface area contributed by atoms with E-state index in [1.807, 2.05) is 36.3 Å². The summed E-state index contributed by atoms with van der Waals surface area (Å²) in [5.74, 6) is 0.824. The van der Waals surface area contributed by atoms with Crippen molar-refractivity contribution in [2.75, 3.05) is 20.6 Å². The summed E-state index contributed by atoms with van der Waals surface area (Å²) in [4.78, 5) is 6.51. The van der Waals surface area contributed by atoms with Crippen LogP contribution in [0.1, 0.15) is 37.7 Å². The lowest BCUT2D eigenvalue weighted by molar-refractivity contribution is 0.166. The van der Waals surface area contributed by atoms with Gasteiger partial charge >= 0.3 is 0 Å². The van der Waals surface area contributed by atoms with Crippen molar-refractivity contribution in [3.63, 3.8) is 0 Å². The van der Waals surface area contributed by atoms with Crippen LogP contribution in [-0.4, -0.2) is 46.3 Å². The summed E-state index contributed by atoms with van der Waals surface area (Å²) in [5, 5.41) is 8.34. The molecular weight excluding hydrogens is 346 g/mol. The molecule has 5 nitrogen and oxygen atoms in total. The van der Waals surface area contributed by atoms with Crippen molar-refractivity contribution in [1.82, 2.24) is 25.0 Å². The van der Waals surface area contributed by atoms with Gasteiger partial charge in [0.25, 0.3) is 0 Å². The molecule has 144 valence electrons. The molecule has 0 spiro atoms. The zero-order valence-electron chi connectivity index (χ0n) is 16.2. The number of halogens is 1. The molecule has 0 bridgehead atoms. The van der Waals surface area contributed by atoms with E-state index in [4.69, 9.17) is 0 Å². The number of rotatable bonds is 7. The third-order valence-electron chi connectivity index (χ3n) is 5.38. The van der Waals surface area contributed by atoms with Gasteiger partial charge in [-0.15, -0.1) is 12.4 Å². The Balaban J connectivity index is 0.00000243. The SMILES string of the molecule is CN(C)C(CNCc1cn(C)nc1-c1ccncc1)C1CCCCC1.Cl. The molecule has 1 fully saturated rings. The molecule has 0 saturated heterocycles. The second kappa shape index (κ2) is 10.0. The Morgan fingerprint density at radius 2 is 1.88 bits per heavy atom. The van der Waals surface area contributed by atoms with Gasteiger partial charge in [-0.1, -0.05) is 19.3 Å². The minimum absolute atomic E-state index is 0. The predicted octanol–water partition coefficient (Wildman–Crippen LogP) is 3.50. The number of nitrogens with one attached hydrogen (secondary N) is 1. The van der Waals surface area contributed by atoms with Gasteiger partial charge in [-0.3, -0.25) is 9.67 Å². The Labute approximate surface area is 163 Å². The highest BCUT2D eigenvalue weighted by Crippen LogP contribution is 2.28. The van der Waals surface area contributed by atoms with Crippen LogP contribution in [0, 0.1) is 5.92 Å². The van der Waals surface area contributed by atoms with E-state index in [1.54, 1.807) is 0 Å². The van der Waals surface area contributed by atoms with E-state index in [2.05, 4.69) is 40.6 Å². The van der Waals surface area contributed by atoms with E-state index in [0.717, 1.165) is 30.3 Å². The first-order chi connectivity index (χ1) is 12.1. The predicted molar refractivity (Wildman–Crippen MR) is 109 cm³/mol. The van der Waals surface area contributed by atoms with Crippen molar-refractivity contribution in [1.29, 1.82) is 0 Å². The summed E-state index contributed by atoms with van der Waals surface area (Å²) in [6.07, 6.45) is 12.7. The quantitative estimate of drug-likeness (QED) is 0.802. The van der Waals surface area contributed by atoms with E-state index >= 15 is 0 Å². The van der Waals surface area contributed by atoms with Crippen LogP contribution in [0.5, 0.6) is 0 Å². The van der Waals surface area contributed by atoms with Crippen LogP contribution in [0.4, 0.5) is 0 Å². The molecule has 1 unspecified atom stereocenters. The molecule has 0 radical (unpaired) electrons. The maximum Gasteiger partial charge on any atom is 0.0969 e. The van der Waals surface area contributed by atoms with Crippen molar-refractivity contribution in [2.24, 2.45) is 13.0 Å². The minimum atomic E-state index is 0. The molecule has 0 aliphatic heterocycles. The second-order valence-electron chi connectivity index (χ2n) is 7.47. The van der Waals surface area contributed by atoms with Crippen LogP contribution in [0.2, 0.25) is 0 Å². The molecule has 3 rings (SSSR count). The number of hydrogen-bond donors (Lipinski definition) is 1. The van der Waals surface area contributed by atoms with E-state index in [0.29, 0.717) is 6.04 Å². The lowest BCUT2D eigenvalue weighted by Gasteiger charge is -2.35. The summed E-state index contributed by atoms with van der Waals surface area (Å²) in [6.45, 7) is 1.88. The largest absolute Gasteiger partial charge is 0.311 e. The van der Waals surface area contributed by atoms with Gasteiger partial charge in [0.2, 0.25) is 0 Å². The Bertz CT molecular complexity index is 649. The van der Waals surface area contributed by atoms with Gasteiger partial charge in [-0.2, -0.15) is 5.10 Å². The minimum Gasteiger partial charge on any atom is -0.311 e. The van der Waals surface area contributed by atoms with E-state index in [1.165, 1.54) is 37.7 Å². The van der Waals surface area contributed by atoms with Crippen LogP contribution < -0.4 is 5.32 Å². The van der Waals surface area contributed by atoms with E-state index in [9.17, 15) is 0 Å². The molecule has 2 heterocycles. The average molecular weight is 378 g/mol. The highest BCUT2D eigenvalue weighted by atomic mass is 35.5. The first-order valence-electron chi connectivity index (χ1n) is 9.45. The number of hydrogen-bond acceptors (Lipinski definition) is 4. The molecular formula is C20H32ClN5. The molecule has 2 aromatic rings.